The molecule has 1 aromatic carbocycles. The Morgan fingerprint density at radius 2 is 2.00 bits per heavy atom. The zero-order valence-electron chi connectivity index (χ0n) is 16.5. The first-order valence-electron chi connectivity index (χ1n) is 9.66. The second-order valence-electron chi connectivity index (χ2n) is 7.59. The van der Waals surface area contributed by atoms with Gasteiger partial charge in [-0.15, -0.1) is 0 Å². The van der Waals surface area contributed by atoms with E-state index in [9.17, 15) is 15.2 Å². The molecule has 2 N–H and O–H groups in total. The number of nitrogens with zero attached hydrogens (tertiary/aromatic N) is 5. The van der Waals surface area contributed by atoms with Gasteiger partial charge in [-0.3, -0.25) is 15.1 Å². The van der Waals surface area contributed by atoms with Crippen LogP contribution in [0, 0.1) is 17.0 Å². The molecule has 1 fully saturated rings. The Kier molecular flexibility index (Phi) is 5.06. The number of nitrogens with one attached hydrogen (secondary N) is 1. The Labute approximate surface area is 168 Å². The third-order valence-corrected chi connectivity index (χ3v) is 5.39. The molecule has 0 spiro atoms. The summed E-state index contributed by atoms with van der Waals surface area (Å²) in [5.74, 6) is 0.728. The van der Waals surface area contributed by atoms with Crippen molar-refractivity contribution < 1.29 is 10.0 Å². The van der Waals surface area contributed by atoms with E-state index in [1.54, 1.807) is 18.2 Å². The predicted molar refractivity (Wildman–Crippen MR) is 110 cm³/mol. The maximum atomic E-state index is 11.3. The number of non-ortho nitro benzene ring substituents is 1. The molecular formula is C20H24N6O3. The molecule has 29 heavy (non-hydrogen) atoms. The second-order valence-corrected chi connectivity index (χ2v) is 7.59. The van der Waals surface area contributed by atoms with Crippen LogP contribution in [0.15, 0.2) is 30.3 Å². The summed E-state index contributed by atoms with van der Waals surface area (Å²) in [5, 5.41) is 25.0. The molecule has 4 rings (SSSR count). The number of piperidine rings is 1. The lowest BCUT2D eigenvalue weighted by atomic mass is 10.1. The summed E-state index contributed by atoms with van der Waals surface area (Å²) >= 11 is 0. The highest BCUT2D eigenvalue weighted by Gasteiger charge is 2.21. The van der Waals surface area contributed by atoms with Crippen molar-refractivity contribution in [3.63, 3.8) is 0 Å². The number of anilines is 1. The van der Waals surface area contributed by atoms with E-state index in [2.05, 4.69) is 27.2 Å². The van der Waals surface area contributed by atoms with Crippen LogP contribution in [0.25, 0.3) is 11.0 Å². The summed E-state index contributed by atoms with van der Waals surface area (Å²) in [7, 11) is 2.11. The fourth-order valence-electron chi connectivity index (χ4n) is 3.70. The highest BCUT2D eigenvalue weighted by molar-refractivity contribution is 5.81. The SMILES string of the molecule is Cc1ccc(O)c(Cn2c(NC3CCN(C)CC3)nc3ccc([N+](=O)[O-])cc32)n1. The minimum absolute atomic E-state index is 0.00548. The number of hydrogen-bond acceptors (Lipinski definition) is 7. The van der Waals surface area contributed by atoms with Crippen molar-refractivity contribution >= 4 is 22.7 Å². The Bertz CT molecular complexity index is 1060. The normalized spacial score (nSPS) is 15.7. The van der Waals surface area contributed by atoms with Crippen molar-refractivity contribution in [3.05, 3.63) is 51.8 Å². The summed E-state index contributed by atoms with van der Waals surface area (Å²) in [6.07, 6.45) is 1.99. The number of aromatic hydroxyl groups is 1. The average molecular weight is 396 g/mol. The van der Waals surface area contributed by atoms with Crippen LogP contribution in [0.1, 0.15) is 24.2 Å². The lowest BCUT2D eigenvalue weighted by molar-refractivity contribution is -0.384. The van der Waals surface area contributed by atoms with Crippen molar-refractivity contribution in [3.8, 4) is 5.75 Å². The van der Waals surface area contributed by atoms with E-state index in [1.165, 1.54) is 12.1 Å². The summed E-state index contributed by atoms with van der Waals surface area (Å²) in [5.41, 5.74) is 2.60. The molecule has 0 bridgehead atoms. The van der Waals surface area contributed by atoms with E-state index >= 15 is 0 Å². The molecule has 9 nitrogen and oxygen atoms in total. The van der Waals surface area contributed by atoms with Gasteiger partial charge in [0.25, 0.3) is 5.69 Å². The second kappa shape index (κ2) is 7.67. The van der Waals surface area contributed by atoms with Gasteiger partial charge < -0.3 is 19.9 Å². The number of hydrogen-bond donors (Lipinski definition) is 2. The first-order chi connectivity index (χ1) is 13.9. The van der Waals surface area contributed by atoms with Crippen molar-refractivity contribution in [1.29, 1.82) is 0 Å². The molecule has 1 aliphatic heterocycles. The third-order valence-electron chi connectivity index (χ3n) is 5.39. The van der Waals surface area contributed by atoms with Crippen LogP contribution in [0.4, 0.5) is 11.6 Å². The fraction of sp³-hybridized carbons (Fsp3) is 0.400. The standard InChI is InChI=1S/C20H24N6O3/c1-13-3-6-19(27)17(21-13)12-25-18-11-15(26(28)29)4-5-16(18)23-20(25)22-14-7-9-24(2)10-8-14/h3-6,11,14,27H,7-10,12H2,1-2H3,(H,22,23). The van der Waals surface area contributed by atoms with Gasteiger partial charge in [-0.1, -0.05) is 0 Å². The highest BCUT2D eigenvalue weighted by atomic mass is 16.6. The Balaban J connectivity index is 1.75. The van der Waals surface area contributed by atoms with Gasteiger partial charge in [0.2, 0.25) is 5.95 Å². The van der Waals surface area contributed by atoms with Crippen LogP contribution in [-0.2, 0) is 6.54 Å². The molecule has 0 radical (unpaired) electrons. The minimum Gasteiger partial charge on any atom is -0.506 e. The molecule has 1 aliphatic rings. The molecule has 3 aromatic rings. The van der Waals surface area contributed by atoms with E-state index in [-0.39, 0.29) is 24.0 Å². The topological polar surface area (TPSA) is 109 Å². The van der Waals surface area contributed by atoms with Gasteiger partial charge in [0.05, 0.1) is 22.5 Å². The Morgan fingerprint density at radius 1 is 1.24 bits per heavy atom. The smallest absolute Gasteiger partial charge is 0.271 e. The van der Waals surface area contributed by atoms with Crippen LogP contribution < -0.4 is 5.32 Å². The van der Waals surface area contributed by atoms with E-state index in [4.69, 9.17) is 0 Å². The monoisotopic (exact) mass is 396 g/mol. The highest BCUT2D eigenvalue weighted by Crippen LogP contribution is 2.28. The fourth-order valence-corrected chi connectivity index (χ4v) is 3.70. The third kappa shape index (κ3) is 4.00. The van der Waals surface area contributed by atoms with Crippen molar-refractivity contribution in [2.45, 2.75) is 32.4 Å². The van der Waals surface area contributed by atoms with Crippen LogP contribution in [0.3, 0.4) is 0 Å². The number of nitro benzene ring substituents is 1. The van der Waals surface area contributed by atoms with E-state index < -0.39 is 4.92 Å². The Hall–Kier alpha value is -3.20. The van der Waals surface area contributed by atoms with Crippen LogP contribution >= 0.6 is 0 Å². The summed E-state index contributed by atoms with van der Waals surface area (Å²) in [6.45, 7) is 4.13. The molecular weight excluding hydrogens is 372 g/mol. The Morgan fingerprint density at radius 3 is 2.72 bits per heavy atom. The van der Waals surface area contributed by atoms with Crippen molar-refractivity contribution in [1.82, 2.24) is 19.4 Å². The molecule has 0 atom stereocenters. The summed E-state index contributed by atoms with van der Waals surface area (Å²) in [6, 6.07) is 8.27. The van der Waals surface area contributed by atoms with Gasteiger partial charge in [0.1, 0.15) is 11.4 Å². The maximum Gasteiger partial charge on any atom is 0.271 e. The number of aryl methyl sites for hydroxylation is 1. The minimum atomic E-state index is -0.413. The first-order valence-corrected chi connectivity index (χ1v) is 9.66. The van der Waals surface area contributed by atoms with Gasteiger partial charge in [0, 0.05) is 23.9 Å². The number of fused-ring (bicyclic) bond motifs is 1. The molecule has 152 valence electrons. The number of nitro groups is 1. The number of pyridine rings is 1. The largest absolute Gasteiger partial charge is 0.506 e. The lowest BCUT2D eigenvalue weighted by Crippen LogP contribution is -2.37. The molecule has 0 unspecified atom stereocenters. The lowest BCUT2D eigenvalue weighted by Gasteiger charge is -2.29. The van der Waals surface area contributed by atoms with Crippen LogP contribution in [0.5, 0.6) is 5.75 Å². The van der Waals surface area contributed by atoms with Crippen molar-refractivity contribution in [2.24, 2.45) is 0 Å². The molecule has 1 saturated heterocycles. The van der Waals surface area contributed by atoms with Crippen LogP contribution in [-0.4, -0.2) is 55.6 Å². The van der Waals surface area contributed by atoms with Gasteiger partial charge in [-0.2, -0.15) is 0 Å². The zero-order chi connectivity index (χ0) is 20.5. The number of imidazole rings is 1. The molecule has 3 heterocycles. The number of aromatic nitrogens is 3. The molecule has 0 saturated carbocycles. The van der Waals surface area contributed by atoms with Crippen LogP contribution in [0.2, 0.25) is 0 Å². The van der Waals surface area contributed by atoms with Gasteiger partial charge in [-0.05, 0) is 58.1 Å². The molecule has 0 amide bonds. The van der Waals surface area contributed by atoms with Crippen molar-refractivity contribution in [2.75, 3.05) is 25.5 Å². The summed E-state index contributed by atoms with van der Waals surface area (Å²) in [4.78, 5) is 22.3. The zero-order valence-corrected chi connectivity index (χ0v) is 16.5. The quantitative estimate of drug-likeness (QED) is 0.504. The maximum absolute atomic E-state index is 11.3. The average Bonchev–Trinajstić information content (AvgIpc) is 3.03. The molecule has 0 aliphatic carbocycles. The number of likely N-dealkylation sites (tertiary alicyclic amines) is 1. The van der Waals surface area contributed by atoms with Gasteiger partial charge >= 0.3 is 0 Å². The predicted octanol–water partition coefficient (Wildman–Crippen LogP) is 2.91. The van der Waals surface area contributed by atoms with E-state index in [0.717, 1.165) is 31.6 Å². The number of rotatable bonds is 5. The first kappa shape index (κ1) is 19.1. The van der Waals surface area contributed by atoms with E-state index in [0.29, 0.717) is 22.7 Å². The van der Waals surface area contributed by atoms with E-state index in [1.807, 2.05) is 11.5 Å². The number of benzene rings is 1. The van der Waals surface area contributed by atoms with Gasteiger partial charge in [-0.25, -0.2) is 4.98 Å². The molecule has 9 heteroatoms. The summed E-state index contributed by atoms with van der Waals surface area (Å²) < 4.78 is 1.86. The van der Waals surface area contributed by atoms with Gasteiger partial charge in [0.15, 0.2) is 0 Å². The molecule has 2 aromatic heterocycles.